The number of hydrogen-bond acceptors (Lipinski definition) is 5. The van der Waals surface area contributed by atoms with Crippen molar-refractivity contribution in [3.05, 3.63) is 18.2 Å². The van der Waals surface area contributed by atoms with Gasteiger partial charge in [-0.25, -0.2) is 0 Å². The first-order valence-electron chi connectivity index (χ1n) is 7.25. The highest BCUT2D eigenvalue weighted by Gasteiger charge is 2.25. The molecule has 8 heteroatoms. The summed E-state index contributed by atoms with van der Waals surface area (Å²) in [5.74, 6) is -0.644. The topological polar surface area (TPSA) is 128 Å². The van der Waals surface area contributed by atoms with E-state index in [-0.39, 0.29) is 12.3 Å². The second kappa shape index (κ2) is 7.10. The van der Waals surface area contributed by atoms with E-state index < -0.39 is 17.9 Å². The molecule has 0 aromatic heterocycles. The van der Waals surface area contributed by atoms with Gasteiger partial charge in [0.2, 0.25) is 17.7 Å². The maximum atomic E-state index is 11.9. The van der Waals surface area contributed by atoms with Crippen molar-refractivity contribution in [1.29, 1.82) is 0 Å². The number of anilines is 2. The van der Waals surface area contributed by atoms with Crippen LogP contribution in [0, 0.1) is 0 Å². The monoisotopic (exact) mass is 320 g/mol. The van der Waals surface area contributed by atoms with E-state index >= 15 is 0 Å². The van der Waals surface area contributed by atoms with Crippen LogP contribution in [0.25, 0.3) is 0 Å². The van der Waals surface area contributed by atoms with Crippen molar-refractivity contribution < 1.29 is 19.1 Å². The van der Waals surface area contributed by atoms with Gasteiger partial charge in [-0.3, -0.25) is 14.4 Å². The van der Waals surface area contributed by atoms with Gasteiger partial charge in [-0.2, -0.15) is 0 Å². The first-order valence-corrected chi connectivity index (χ1v) is 7.25. The maximum absolute atomic E-state index is 11.9. The molecule has 1 unspecified atom stereocenters. The number of carbonyl (C=O) groups excluding carboxylic acids is 3. The normalized spacial score (nSPS) is 15.4. The molecule has 1 aromatic carbocycles. The molecule has 5 N–H and O–H groups in total. The molecule has 124 valence electrons. The smallest absolute Gasteiger partial charge is 0.241 e. The van der Waals surface area contributed by atoms with Crippen LogP contribution >= 0.6 is 0 Å². The second-order valence-corrected chi connectivity index (χ2v) is 5.30. The van der Waals surface area contributed by atoms with Crippen LogP contribution in [0.2, 0.25) is 0 Å². The van der Waals surface area contributed by atoms with Gasteiger partial charge in [0.1, 0.15) is 5.75 Å². The number of nitrogens with one attached hydrogen (secondary N) is 1. The highest BCUT2D eigenvalue weighted by Crippen LogP contribution is 2.33. The van der Waals surface area contributed by atoms with Crippen LogP contribution < -0.4 is 26.4 Å². The van der Waals surface area contributed by atoms with E-state index in [9.17, 15) is 14.4 Å². The Morgan fingerprint density at radius 1 is 1.43 bits per heavy atom. The number of ether oxygens (including phenoxy) is 1. The van der Waals surface area contributed by atoms with Crippen molar-refractivity contribution in [3.63, 3.8) is 0 Å². The van der Waals surface area contributed by atoms with Crippen LogP contribution in [0.3, 0.4) is 0 Å². The molecule has 1 aromatic rings. The van der Waals surface area contributed by atoms with E-state index in [0.29, 0.717) is 30.1 Å². The lowest BCUT2D eigenvalue weighted by Crippen LogP contribution is -2.39. The summed E-state index contributed by atoms with van der Waals surface area (Å²) >= 11 is 0. The summed E-state index contributed by atoms with van der Waals surface area (Å²) in [7, 11) is 1.49. The molecule has 1 fully saturated rings. The molecule has 1 atom stereocenters. The number of primary amides is 1. The summed E-state index contributed by atoms with van der Waals surface area (Å²) in [6.07, 6.45) is 1.09. The lowest BCUT2D eigenvalue weighted by molar-refractivity contribution is -0.123. The lowest BCUT2D eigenvalue weighted by atomic mass is 10.2. The molecule has 0 aliphatic carbocycles. The maximum Gasteiger partial charge on any atom is 0.241 e. The van der Waals surface area contributed by atoms with Gasteiger partial charge in [0.15, 0.2) is 0 Å². The van der Waals surface area contributed by atoms with Crippen LogP contribution in [-0.2, 0) is 14.4 Å². The fourth-order valence-corrected chi connectivity index (χ4v) is 2.43. The van der Waals surface area contributed by atoms with Crippen LogP contribution in [0.15, 0.2) is 18.2 Å². The van der Waals surface area contributed by atoms with Gasteiger partial charge in [0.25, 0.3) is 0 Å². The third-order valence-corrected chi connectivity index (χ3v) is 3.57. The Morgan fingerprint density at radius 2 is 2.17 bits per heavy atom. The molecule has 0 radical (unpaired) electrons. The molecular weight excluding hydrogens is 300 g/mol. The van der Waals surface area contributed by atoms with Crippen molar-refractivity contribution in [2.24, 2.45) is 11.5 Å². The fourth-order valence-electron chi connectivity index (χ4n) is 2.43. The van der Waals surface area contributed by atoms with Gasteiger partial charge in [-0.05, 0) is 18.6 Å². The van der Waals surface area contributed by atoms with Gasteiger partial charge in [0.05, 0.1) is 25.3 Å². The molecule has 1 heterocycles. The Bertz CT molecular complexity index is 632. The molecule has 0 spiro atoms. The van der Waals surface area contributed by atoms with Crippen LogP contribution in [-0.4, -0.2) is 37.4 Å². The zero-order valence-electron chi connectivity index (χ0n) is 12.9. The molecule has 3 amide bonds. The quantitative estimate of drug-likeness (QED) is 0.678. The van der Waals surface area contributed by atoms with Gasteiger partial charge < -0.3 is 26.4 Å². The number of carbonyl (C=O) groups is 3. The first-order chi connectivity index (χ1) is 10.9. The molecule has 0 saturated carbocycles. The zero-order chi connectivity index (χ0) is 17.0. The number of amides is 3. The summed E-state index contributed by atoms with van der Waals surface area (Å²) in [4.78, 5) is 36.2. The molecule has 1 aliphatic rings. The average molecular weight is 320 g/mol. The van der Waals surface area contributed by atoms with E-state index in [1.54, 1.807) is 23.1 Å². The van der Waals surface area contributed by atoms with Gasteiger partial charge in [-0.1, -0.05) is 0 Å². The van der Waals surface area contributed by atoms with Crippen molar-refractivity contribution in [3.8, 4) is 5.75 Å². The minimum atomic E-state index is -1.02. The van der Waals surface area contributed by atoms with Gasteiger partial charge >= 0.3 is 0 Å². The zero-order valence-corrected chi connectivity index (χ0v) is 12.9. The predicted octanol–water partition coefficient (Wildman–Crippen LogP) is -0.0368. The predicted molar refractivity (Wildman–Crippen MR) is 85.0 cm³/mol. The average Bonchev–Trinajstić information content (AvgIpc) is 2.92. The molecule has 1 saturated heterocycles. The summed E-state index contributed by atoms with van der Waals surface area (Å²) in [5.41, 5.74) is 11.7. The minimum absolute atomic E-state index is 0.0450. The third kappa shape index (κ3) is 3.98. The molecule has 1 aliphatic heterocycles. The summed E-state index contributed by atoms with van der Waals surface area (Å²) in [6.45, 7) is 0.643. The molecule has 23 heavy (non-hydrogen) atoms. The van der Waals surface area contributed by atoms with Gasteiger partial charge in [-0.15, -0.1) is 0 Å². The molecule has 0 bridgehead atoms. The van der Waals surface area contributed by atoms with Crippen molar-refractivity contribution in [2.75, 3.05) is 23.9 Å². The lowest BCUT2D eigenvalue weighted by Gasteiger charge is -2.20. The SMILES string of the molecule is COc1cc(NC(=O)C(N)CC(N)=O)ccc1N1CCCC1=O. The number of nitrogens with zero attached hydrogens (tertiary/aromatic N) is 1. The fraction of sp³-hybridized carbons (Fsp3) is 0.400. The van der Waals surface area contributed by atoms with Crippen LogP contribution in [0.5, 0.6) is 5.75 Å². The number of benzene rings is 1. The Morgan fingerprint density at radius 3 is 2.74 bits per heavy atom. The Hall–Kier alpha value is -2.61. The highest BCUT2D eigenvalue weighted by atomic mass is 16.5. The number of methoxy groups -OCH3 is 1. The number of hydrogen-bond donors (Lipinski definition) is 3. The largest absolute Gasteiger partial charge is 0.494 e. The summed E-state index contributed by atoms with van der Waals surface area (Å²) in [5, 5.41) is 2.60. The molecular formula is C15H20N4O4. The summed E-state index contributed by atoms with van der Waals surface area (Å²) in [6, 6.07) is 3.95. The highest BCUT2D eigenvalue weighted by molar-refractivity contribution is 5.99. The van der Waals surface area contributed by atoms with E-state index in [1.807, 2.05) is 0 Å². The second-order valence-electron chi connectivity index (χ2n) is 5.30. The molecule has 2 rings (SSSR count). The van der Waals surface area contributed by atoms with Gasteiger partial charge in [0, 0.05) is 24.7 Å². The number of rotatable bonds is 6. The van der Waals surface area contributed by atoms with E-state index in [1.165, 1.54) is 7.11 Å². The summed E-state index contributed by atoms with van der Waals surface area (Å²) < 4.78 is 5.30. The van der Waals surface area contributed by atoms with E-state index in [0.717, 1.165) is 6.42 Å². The standard InChI is InChI=1S/C15H20N4O4/c1-23-12-7-9(18-15(22)10(16)8-13(17)20)4-5-11(12)19-6-2-3-14(19)21/h4-5,7,10H,2-3,6,8,16H2,1H3,(H2,17,20)(H,18,22). The first kappa shape index (κ1) is 16.8. The Labute approximate surface area is 133 Å². The van der Waals surface area contributed by atoms with Crippen molar-refractivity contribution in [1.82, 2.24) is 0 Å². The van der Waals surface area contributed by atoms with E-state index in [2.05, 4.69) is 5.32 Å². The Balaban J connectivity index is 2.14. The van der Waals surface area contributed by atoms with E-state index in [4.69, 9.17) is 16.2 Å². The minimum Gasteiger partial charge on any atom is -0.494 e. The third-order valence-electron chi connectivity index (χ3n) is 3.57. The number of nitrogens with two attached hydrogens (primary N) is 2. The van der Waals surface area contributed by atoms with Crippen LogP contribution in [0.1, 0.15) is 19.3 Å². The molecule has 8 nitrogen and oxygen atoms in total. The van der Waals surface area contributed by atoms with Crippen LogP contribution in [0.4, 0.5) is 11.4 Å². The van der Waals surface area contributed by atoms with Crippen molar-refractivity contribution >= 4 is 29.1 Å². The van der Waals surface area contributed by atoms with Crippen molar-refractivity contribution in [2.45, 2.75) is 25.3 Å². The Kier molecular flexibility index (Phi) is 5.17.